The van der Waals surface area contributed by atoms with Crippen LogP contribution < -0.4 is 0 Å². The summed E-state index contributed by atoms with van der Waals surface area (Å²) in [6.07, 6.45) is 0.717. The summed E-state index contributed by atoms with van der Waals surface area (Å²) < 4.78 is 40.0. The zero-order valence-corrected chi connectivity index (χ0v) is 17.5. The Morgan fingerprint density at radius 3 is 2.36 bits per heavy atom. The Bertz CT molecular complexity index is 393. The highest BCUT2D eigenvalue weighted by Gasteiger charge is 2.44. The molecule has 3 fully saturated rings. The smallest absolute Gasteiger partial charge is 0.379 e. The van der Waals surface area contributed by atoms with Gasteiger partial charge in [-0.3, -0.25) is 4.90 Å². The first-order chi connectivity index (χ1) is 12.1. The van der Waals surface area contributed by atoms with Gasteiger partial charge in [0.05, 0.1) is 25.9 Å². The molecule has 1 atom stereocenters. The molecule has 3 aliphatic heterocycles. The molecule has 0 saturated carbocycles. The van der Waals surface area contributed by atoms with Crippen molar-refractivity contribution in [1.82, 2.24) is 4.90 Å². The Morgan fingerprint density at radius 2 is 1.80 bits per heavy atom. The SMILES string of the molecule is C=C[Si]12OCCN(CCO1)CC(COCCC[Si](OC)(OC)OC)O2. The van der Waals surface area contributed by atoms with E-state index in [0.717, 1.165) is 26.1 Å². The topological polar surface area (TPSA) is 67.9 Å². The Kier molecular flexibility index (Phi) is 8.68. The molecule has 10 heteroatoms. The van der Waals surface area contributed by atoms with Gasteiger partial charge in [0.1, 0.15) is 0 Å². The predicted molar refractivity (Wildman–Crippen MR) is 96.2 cm³/mol. The summed E-state index contributed by atoms with van der Waals surface area (Å²) in [5.74, 6) is 0. The second-order valence-electron chi connectivity index (χ2n) is 6.02. The first-order valence-corrected chi connectivity index (χ1v) is 12.4. The minimum atomic E-state index is -2.78. The molecule has 3 aliphatic rings. The summed E-state index contributed by atoms with van der Waals surface area (Å²) in [7, 11) is -0.440. The van der Waals surface area contributed by atoms with Crippen molar-refractivity contribution in [3.8, 4) is 0 Å². The second kappa shape index (κ2) is 10.3. The van der Waals surface area contributed by atoms with E-state index < -0.39 is 17.6 Å². The van der Waals surface area contributed by atoms with Gasteiger partial charge in [-0.15, -0.1) is 0 Å². The third kappa shape index (κ3) is 5.92. The Morgan fingerprint density at radius 1 is 1.16 bits per heavy atom. The van der Waals surface area contributed by atoms with Crippen molar-refractivity contribution >= 4 is 17.6 Å². The van der Waals surface area contributed by atoms with Crippen LogP contribution >= 0.6 is 0 Å². The average molecular weight is 394 g/mol. The molecule has 8 nitrogen and oxygen atoms in total. The predicted octanol–water partition coefficient (Wildman–Crippen LogP) is 0.683. The van der Waals surface area contributed by atoms with Gasteiger partial charge in [-0.25, -0.2) is 0 Å². The molecular weight excluding hydrogens is 362 g/mol. The van der Waals surface area contributed by atoms with Gasteiger partial charge in [-0.05, 0) is 12.1 Å². The van der Waals surface area contributed by atoms with Crippen LogP contribution in [-0.4, -0.2) is 96.0 Å². The first kappa shape index (κ1) is 21.2. The van der Waals surface area contributed by atoms with E-state index in [2.05, 4.69) is 11.5 Å². The Balaban J connectivity index is 1.78. The van der Waals surface area contributed by atoms with Crippen LogP contribution in [0.15, 0.2) is 12.3 Å². The van der Waals surface area contributed by atoms with Crippen LogP contribution in [-0.2, 0) is 31.3 Å². The quantitative estimate of drug-likeness (QED) is 0.397. The average Bonchev–Trinajstić information content (AvgIpc) is 2.59. The molecule has 3 rings (SSSR count). The number of ether oxygens (including phenoxy) is 1. The summed E-state index contributed by atoms with van der Waals surface area (Å²) in [6.45, 7) is 8.76. The summed E-state index contributed by atoms with van der Waals surface area (Å²) in [5, 5.41) is 0. The number of nitrogens with zero attached hydrogens (tertiary/aromatic N) is 1. The third-order valence-electron chi connectivity index (χ3n) is 4.47. The zero-order chi connectivity index (χ0) is 18.2. The summed E-state index contributed by atoms with van der Waals surface area (Å²) in [5.41, 5.74) is 1.72. The zero-order valence-electron chi connectivity index (χ0n) is 15.5. The van der Waals surface area contributed by atoms with Crippen LogP contribution in [0, 0.1) is 0 Å². The van der Waals surface area contributed by atoms with E-state index in [-0.39, 0.29) is 6.10 Å². The molecule has 0 radical (unpaired) electrons. The van der Waals surface area contributed by atoms with Crippen LogP contribution in [0.4, 0.5) is 0 Å². The number of hydrogen-bond donors (Lipinski definition) is 0. The molecule has 2 bridgehead atoms. The van der Waals surface area contributed by atoms with Gasteiger partial charge < -0.3 is 31.3 Å². The lowest BCUT2D eigenvalue weighted by atomic mass is 10.3. The fraction of sp³-hybridized carbons (Fsp3) is 0.867. The van der Waals surface area contributed by atoms with Gasteiger partial charge >= 0.3 is 17.6 Å². The van der Waals surface area contributed by atoms with Crippen molar-refractivity contribution in [1.29, 1.82) is 0 Å². The highest BCUT2D eigenvalue weighted by molar-refractivity contribution is 6.66. The lowest BCUT2D eigenvalue weighted by Crippen LogP contribution is -2.58. The molecule has 0 aromatic carbocycles. The van der Waals surface area contributed by atoms with Crippen LogP contribution in [0.3, 0.4) is 0 Å². The number of fused-ring (bicyclic) bond motifs is 6. The van der Waals surface area contributed by atoms with E-state index in [1.54, 1.807) is 27.0 Å². The molecule has 3 saturated heterocycles. The van der Waals surface area contributed by atoms with Crippen LogP contribution in [0.25, 0.3) is 0 Å². The maximum Gasteiger partial charge on any atom is 0.529 e. The highest BCUT2D eigenvalue weighted by atomic mass is 28.4. The standard InChI is InChI=1S/C15H31NO7Si2/c1-5-24-21-10-7-16(8-11-22-24)13-15(23-24)14-20-9-6-12-25(17-2,18-3)19-4/h5,15H,1,6-14H2,2-4H3. The largest absolute Gasteiger partial charge is 0.529 e. The van der Waals surface area contributed by atoms with Crippen molar-refractivity contribution in [2.75, 3.05) is 67.4 Å². The monoisotopic (exact) mass is 393 g/mol. The lowest BCUT2D eigenvalue weighted by Gasteiger charge is -2.40. The van der Waals surface area contributed by atoms with Crippen molar-refractivity contribution in [2.24, 2.45) is 0 Å². The lowest BCUT2D eigenvalue weighted by molar-refractivity contribution is -0.0599. The molecule has 3 heterocycles. The molecular formula is C15H31NO7Si2. The summed E-state index contributed by atoms with van der Waals surface area (Å²) in [6, 6.07) is 0.714. The van der Waals surface area contributed by atoms with E-state index >= 15 is 0 Å². The molecule has 0 N–H and O–H groups in total. The maximum absolute atomic E-state index is 6.15. The van der Waals surface area contributed by atoms with Gasteiger partial charge in [0.15, 0.2) is 0 Å². The summed E-state index contributed by atoms with van der Waals surface area (Å²) >= 11 is 0. The molecule has 25 heavy (non-hydrogen) atoms. The van der Waals surface area contributed by atoms with Crippen LogP contribution in [0.2, 0.25) is 6.04 Å². The molecule has 0 aliphatic carbocycles. The minimum Gasteiger partial charge on any atom is -0.379 e. The van der Waals surface area contributed by atoms with E-state index in [1.807, 2.05) is 0 Å². The minimum absolute atomic E-state index is 0.0838. The fourth-order valence-corrected chi connectivity index (χ4v) is 6.61. The van der Waals surface area contributed by atoms with Crippen LogP contribution in [0.5, 0.6) is 0 Å². The molecule has 146 valence electrons. The first-order valence-electron chi connectivity index (χ1n) is 8.66. The molecule has 0 amide bonds. The molecule has 0 spiro atoms. The van der Waals surface area contributed by atoms with Crippen LogP contribution in [0.1, 0.15) is 6.42 Å². The van der Waals surface area contributed by atoms with E-state index in [1.165, 1.54) is 0 Å². The number of hydrogen-bond acceptors (Lipinski definition) is 8. The second-order valence-corrected chi connectivity index (χ2v) is 11.5. The highest BCUT2D eigenvalue weighted by Crippen LogP contribution is 2.21. The van der Waals surface area contributed by atoms with E-state index in [0.29, 0.717) is 32.5 Å². The summed E-state index contributed by atoms with van der Waals surface area (Å²) in [4.78, 5) is 2.29. The van der Waals surface area contributed by atoms with Gasteiger partial charge in [0.2, 0.25) is 0 Å². The van der Waals surface area contributed by atoms with Gasteiger partial charge in [0.25, 0.3) is 0 Å². The van der Waals surface area contributed by atoms with Crippen molar-refractivity contribution < 1.29 is 31.3 Å². The Labute approximate surface area is 152 Å². The molecule has 1 unspecified atom stereocenters. The van der Waals surface area contributed by atoms with E-state index in [4.69, 9.17) is 31.3 Å². The van der Waals surface area contributed by atoms with Crippen molar-refractivity contribution in [3.63, 3.8) is 0 Å². The van der Waals surface area contributed by atoms with Gasteiger partial charge in [-0.1, -0.05) is 6.58 Å². The normalized spacial score (nSPS) is 30.5. The van der Waals surface area contributed by atoms with E-state index in [9.17, 15) is 0 Å². The van der Waals surface area contributed by atoms with Gasteiger partial charge in [-0.2, -0.15) is 0 Å². The van der Waals surface area contributed by atoms with Crippen molar-refractivity contribution in [3.05, 3.63) is 12.3 Å². The number of rotatable bonds is 10. The fourth-order valence-electron chi connectivity index (χ4n) is 3.01. The van der Waals surface area contributed by atoms with Crippen molar-refractivity contribution in [2.45, 2.75) is 18.6 Å². The molecule has 0 aromatic heterocycles. The molecule has 0 aromatic rings. The third-order valence-corrected chi connectivity index (χ3v) is 9.68. The van der Waals surface area contributed by atoms with Gasteiger partial charge in [0, 0.05) is 53.6 Å². The maximum atomic E-state index is 6.15. The Hall–Kier alpha value is -0.146.